The van der Waals surface area contributed by atoms with E-state index in [0.717, 1.165) is 60.2 Å². The maximum atomic E-state index is 5.96. The van der Waals surface area contributed by atoms with Crippen molar-refractivity contribution >= 4 is 22.7 Å². The second-order valence-corrected chi connectivity index (χ2v) is 8.91. The third kappa shape index (κ3) is 11.1. The van der Waals surface area contributed by atoms with Crippen LogP contribution in [0.2, 0.25) is 0 Å². The first-order chi connectivity index (χ1) is 15.9. The largest absolute Gasteiger partial charge is 0.490 e. The Balaban J connectivity index is 1.63. The zero-order valence-corrected chi connectivity index (χ0v) is 21.1. The van der Waals surface area contributed by atoms with Crippen molar-refractivity contribution in [1.29, 1.82) is 0 Å². The van der Waals surface area contributed by atoms with Crippen LogP contribution in [-0.2, 0) is 18.9 Å². The van der Waals surface area contributed by atoms with E-state index in [1.807, 2.05) is 22.9 Å². The molecule has 0 saturated heterocycles. The number of rotatable bonds is 21. The van der Waals surface area contributed by atoms with Crippen molar-refractivity contribution in [2.24, 2.45) is 0 Å². The Hall–Kier alpha value is -1.16. The Morgan fingerprint density at radius 3 is 1.31 bits per heavy atom. The van der Waals surface area contributed by atoms with Gasteiger partial charge >= 0.3 is 0 Å². The highest BCUT2D eigenvalue weighted by Gasteiger charge is 2.15. The number of ether oxygens (including phenoxy) is 6. The van der Waals surface area contributed by atoms with E-state index in [4.69, 9.17) is 28.4 Å². The van der Waals surface area contributed by atoms with E-state index in [0.29, 0.717) is 52.9 Å². The molecule has 0 N–H and O–H groups in total. The summed E-state index contributed by atoms with van der Waals surface area (Å²) >= 11 is 3.31. The molecule has 6 nitrogen and oxygen atoms in total. The van der Waals surface area contributed by atoms with Crippen molar-refractivity contribution in [3.05, 3.63) is 22.9 Å². The Bertz CT molecular complexity index is 629. The average molecular weight is 487 g/mol. The number of hydrogen-bond donors (Lipinski definition) is 0. The second-order valence-electron chi connectivity index (χ2n) is 7.08. The van der Waals surface area contributed by atoms with Crippen LogP contribution in [0.4, 0.5) is 0 Å². The molecule has 0 bridgehead atoms. The summed E-state index contributed by atoms with van der Waals surface area (Å²) in [6.45, 7) is 10.5. The molecular formula is C24H38O6S2. The first kappa shape index (κ1) is 27.1. The molecule has 0 fully saturated rings. The van der Waals surface area contributed by atoms with Crippen LogP contribution < -0.4 is 9.47 Å². The Morgan fingerprint density at radius 2 is 0.906 bits per heavy atom. The fraction of sp³-hybridized carbons (Fsp3) is 0.667. The van der Waals surface area contributed by atoms with Gasteiger partial charge in [0.2, 0.25) is 0 Å². The topological polar surface area (TPSA) is 55.4 Å². The van der Waals surface area contributed by atoms with E-state index in [-0.39, 0.29) is 0 Å². The Labute approximate surface area is 200 Å². The van der Waals surface area contributed by atoms with Crippen LogP contribution in [0.25, 0.3) is 9.75 Å². The van der Waals surface area contributed by atoms with Crippen molar-refractivity contribution < 1.29 is 28.4 Å². The molecule has 2 aromatic heterocycles. The molecule has 2 heterocycles. The summed E-state index contributed by atoms with van der Waals surface area (Å²) in [5, 5.41) is 4.08. The lowest BCUT2D eigenvalue weighted by Crippen LogP contribution is -2.11. The number of hydrogen-bond acceptors (Lipinski definition) is 8. The average Bonchev–Trinajstić information content (AvgIpc) is 3.46. The summed E-state index contributed by atoms with van der Waals surface area (Å²) in [6, 6.07) is 4.00. The molecule has 182 valence electrons. The van der Waals surface area contributed by atoms with Gasteiger partial charge in [0.25, 0.3) is 0 Å². The smallest absolute Gasteiger partial charge is 0.138 e. The molecule has 0 unspecified atom stereocenters. The maximum absolute atomic E-state index is 5.96. The maximum Gasteiger partial charge on any atom is 0.138 e. The minimum absolute atomic E-state index is 0.508. The molecule has 0 saturated carbocycles. The van der Waals surface area contributed by atoms with Crippen molar-refractivity contribution in [1.82, 2.24) is 0 Å². The van der Waals surface area contributed by atoms with Crippen LogP contribution in [0.1, 0.15) is 39.5 Å². The zero-order valence-electron chi connectivity index (χ0n) is 19.5. The summed E-state index contributed by atoms with van der Waals surface area (Å²) in [5.74, 6) is 1.73. The molecule has 0 atom stereocenters. The summed E-state index contributed by atoms with van der Waals surface area (Å²) < 4.78 is 34.1. The van der Waals surface area contributed by atoms with Gasteiger partial charge in [0.05, 0.1) is 49.4 Å². The van der Waals surface area contributed by atoms with Crippen LogP contribution >= 0.6 is 22.7 Å². The van der Waals surface area contributed by atoms with Gasteiger partial charge < -0.3 is 28.4 Å². The van der Waals surface area contributed by atoms with E-state index in [1.165, 1.54) is 0 Å². The molecule has 0 radical (unpaired) electrons. The number of unbranched alkanes of at least 4 members (excludes halogenated alkanes) is 2. The minimum atomic E-state index is 0.508. The lowest BCUT2D eigenvalue weighted by molar-refractivity contribution is 0.0355. The van der Waals surface area contributed by atoms with E-state index in [2.05, 4.69) is 13.8 Å². The number of thiophene rings is 2. The first-order valence-electron chi connectivity index (χ1n) is 11.6. The van der Waals surface area contributed by atoms with Gasteiger partial charge in [-0.05, 0) is 35.7 Å². The fourth-order valence-electron chi connectivity index (χ4n) is 2.71. The standard InChI is InChI=1S/C24H38O6S2/c1-3-5-9-25-11-13-27-15-17-29-21-7-19-31-23(21)24-22(8-20-32-24)30-18-16-28-14-12-26-10-6-4-2/h7-8,19-20H,3-6,9-18H2,1-2H3. The van der Waals surface area contributed by atoms with Crippen LogP contribution in [-0.4, -0.2) is 66.1 Å². The third-order valence-electron chi connectivity index (χ3n) is 4.46. The van der Waals surface area contributed by atoms with Gasteiger partial charge in [0.1, 0.15) is 24.7 Å². The molecule has 2 aromatic rings. The van der Waals surface area contributed by atoms with Gasteiger partial charge in [-0.2, -0.15) is 0 Å². The molecule has 0 aliphatic heterocycles. The fourth-order valence-corrected chi connectivity index (χ4v) is 4.56. The molecule has 2 rings (SSSR count). The second kappa shape index (κ2) is 18.3. The van der Waals surface area contributed by atoms with E-state index >= 15 is 0 Å². The highest BCUT2D eigenvalue weighted by molar-refractivity contribution is 7.21. The predicted molar refractivity (Wildman–Crippen MR) is 132 cm³/mol. The van der Waals surface area contributed by atoms with Gasteiger partial charge in [-0.25, -0.2) is 0 Å². The summed E-state index contributed by atoms with van der Waals surface area (Å²) in [5.41, 5.74) is 0. The molecule has 32 heavy (non-hydrogen) atoms. The molecule has 0 aliphatic rings. The van der Waals surface area contributed by atoms with Crippen LogP contribution in [0, 0.1) is 0 Å². The van der Waals surface area contributed by atoms with Crippen molar-refractivity contribution in [3.63, 3.8) is 0 Å². The van der Waals surface area contributed by atoms with Gasteiger partial charge in [-0.3, -0.25) is 0 Å². The predicted octanol–water partition coefficient (Wildman–Crippen LogP) is 5.90. The monoisotopic (exact) mass is 486 g/mol. The van der Waals surface area contributed by atoms with Crippen molar-refractivity contribution in [3.8, 4) is 21.3 Å². The van der Waals surface area contributed by atoms with Crippen molar-refractivity contribution in [2.45, 2.75) is 39.5 Å². The minimum Gasteiger partial charge on any atom is -0.490 e. The van der Waals surface area contributed by atoms with Crippen LogP contribution in [0.3, 0.4) is 0 Å². The lowest BCUT2D eigenvalue weighted by Gasteiger charge is -2.10. The van der Waals surface area contributed by atoms with Gasteiger partial charge in [0, 0.05) is 13.2 Å². The normalized spacial score (nSPS) is 11.2. The van der Waals surface area contributed by atoms with E-state index < -0.39 is 0 Å². The summed E-state index contributed by atoms with van der Waals surface area (Å²) in [7, 11) is 0. The first-order valence-corrected chi connectivity index (χ1v) is 13.3. The van der Waals surface area contributed by atoms with Crippen LogP contribution in [0.15, 0.2) is 22.9 Å². The Morgan fingerprint density at radius 1 is 0.531 bits per heavy atom. The summed E-state index contributed by atoms with van der Waals surface area (Å²) in [6.07, 6.45) is 4.49. The lowest BCUT2D eigenvalue weighted by atomic mass is 10.3. The van der Waals surface area contributed by atoms with E-state index in [1.54, 1.807) is 22.7 Å². The highest BCUT2D eigenvalue weighted by Crippen LogP contribution is 2.44. The third-order valence-corrected chi connectivity index (χ3v) is 6.42. The van der Waals surface area contributed by atoms with Crippen molar-refractivity contribution in [2.75, 3.05) is 66.1 Å². The van der Waals surface area contributed by atoms with Crippen LogP contribution in [0.5, 0.6) is 11.5 Å². The zero-order chi connectivity index (χ0) is 22.7. The molecular weight excluding hydrogens is 448 g/mol. The molecule has 0 spiro atoms. The SMILES string of the molecule is CCCCOCCOCCOc1ccsc1-c1sccc1OCCOCCOCCCC. The quantitative estimate of drug-likeness (QED) is 0.205. The molecule has 0 aromatic carbocycles. The Kier molecular flexibility index (Phi) is 15.5. The van der Waals surface area contributed by atoms with Gasteiger partial charge in [-0.1, -0.05) is 26.7 Å². The summed E-state index contributed by atoms with van der Waals surface area (Å²) in [4.78, 5) is 2.17. The van der Waals surface area contributed by atoms with Gasteiger partial charge in [-0.15, -0.1) is 22.7 Å². The highest BCUT2D eigenvalue weighted by atomic mass is 32.1. The van der Waals surface area contributed by atoms with E-state index in [9.17, 15) is 0 Å². The van der Waals surface area contributed by atoms with Gasteiger partial charge in [0.15, 0.2) is 0 Å². The molecule has 0 amide bonds. The molecule has 8 heteroatoms. The molecule has 0 aliphatic carbocycles.